The fourth-order valence-electron chi connectivity index (χ4n) is 2.82. The second-order valence-corrected chi connectivity index (χ2v) is 8.50. The van der Waals surface area contributed by atoms with Crippen LogP contribution in [-0.4, -0.2) is 44.1 Å². The maximum absolute atomic E-state index is 12.3. The molecule has 1 aliphatic heterocycles. The number of sulfonamides is 1. The van der Waals surface area contributed by atoms with E-state index in [0.717, 1.165) is 5.56 Å². The Bertz CT molecular complexity index is 1010. The van der Waals surface area contributed by atoms with Crippen LogP contribution in [0.3, 0.4) is 0 Å². The number of ketones is 1. The van der Waals surface area contributed by atoms with E-state index in [0.29, 0.717) is 24.2 Å². The zero-order valence-corrected chi connectivity index (χ0v) is 16.1. The number of hydrogen-bond acceptors (Lipinski definition) is 6. The van der Waals surface area contributed by atoms with Gasteiger partial charge < -0.3 is 4.74 Å². The maximum atomic E-state index is 12.3. The van der Waals surface area contributed by atoms with Gasteiger partial charge in [-0.2, -0.15) is 0 Å². The highest BCUT2D eigenvalue weighted by Crippen LogP contribution is 2.31. The number of carbonyl (C=O) groups excluding carboxylic acids is 2. The molecule has 2 heterocycles. The third kappa shape index (κ3) is 4.12. The molecule has 1 aliphatic rings. The summed E-state index contributed by atoms with van der Waals surface area (Å²) in [7, 11) is -3.34. The standard InChI is InChI=1S/C18H17ClN2O5S/c1-2-27(24,25)21-8-6-12-9-13(3-4-15(12)21)16(22)11-26-18(23)14-5-7-20-17(19)10-14/h3-5,7,9-10H,2,6,8,11H2,1H3. The molecule has 2 aromatic rings. The largest absolute Gasteiger partial charge is 0.454 e. The first-order valence-electron chi connectivity index (χ1n) is 8.27. The van der Waals surface area contributed by atoms with Crippen molar-refractivity contribution in [3.8, 4) is 0 Å². The Kier molecular flexibility index (Phi) is 5.48. The first-order chi connectivity index (χ1) is 12.8. The molecule has 1 aromatic heterocycles. The first-order valence-corrected chi connectivity index (χ1v) is 10.3. The Hall–Kier alpha value is -2.45. The van der Waals surface area contributed by atoms with Gasteiger partial charge in [0.05, 0.1) is 17.0 Å². The van der Waals surface area contributed by atoms with E-state index in [4.69, 9.17) is 16.3 Å². The number of esters is 1. The molecule has 0 saturated heterocycles. The third-order valence-corrected chi connectivity index (χ3v) is 6.24. The van der Waals surface area contributed by atoms with E-state index in [-0.39, 0.29) is 22.3 Å². The number of rotatable bonds is 6. The Labute approximate surface area is 162 Å². The van der Waals surface area contributed by atoms with Crippen LogP contribution in [0.15, 0.2) is 36.5 Å². The third-order valence-electron chi connectivity index (χ3n) is 4.25. The second kappa shape index (κ2) is 7.66. The van der Waals surface area contributed by atoms with Gasteiger partial charge in [-0.25, -0.2) is 18.2 Å². The molecule has 0 saturated carbocycles. The number of ether oxygens (including phenoxy) is 1. The van der Waals surface area contributed by atoms with Crippen LogP contribution >= 0.6 is 11.6 Å². The smallest absolute Gasteiger partial charge is 0.338 e. The summed E-state index contributed by atoms with van der Waals surface area (Å²) in [6.45, 7) is 1.53. The van der Waals surface area contributed by atoms with Gasteiger partial charge in [0, 0.05) is 18.3 Å². The fraction of sp³-hybridized carbons (Fsp3) is 0.278. The molecule has 0 unspecified atom stereocenters. The van der Waals surface area contributed by atoms with Crippen LogP contribution in [0, 0.1) is 0 Å². The zero-order valence-electron chi connectivity index (χ0n) is 14.5. The number of hydrogen-bond donors (Lipinski definition) is 0. The monoisotopic (exact) mass is 408 g/mol. The molecule has 0 fully saturated rings. The number of benzene rings is 1. The van der Waals surface area contributed by atoms with Crippen LogP contribution < -0.4 is 4.31 Å². The summed E-state index contributed by atoms with van der Waals surface area (Å²) in [4.78, 5) is 28.1. The van der Waals surface area contributed by atoms with E-state index in [1.165, 1.54) is 22.6 Å². The summed E-state index contributed by atoms with van der Waals surface area (Å²) in [5.74, 6) is -1.03. The minimum atomic E-state index is -3.34. The van der Waals surface area contributed by atoms with Gasteiger partial charge in [-0.3, -0.25) is 9.10 Å². The van der Waals surface area contributed by atoms with Gasteiger partial charge in [-0.15, -0.1) is 0 Å². The maximum Gasteiger partial charge on any atom is 0.338 e. The number of pyridine rings is 1. The van der Waals surface area contributed by atoms with Gasteiger partial charge in [-0.1, -0.05) is 11.6 Å². The van der Waals surface area contributed by atoms with Crippen molar-refractivity contribution in [3.05, 3.63) is 58.4 Å². The van der Waals surface area contributed by atoms with E-state index in [1.807, 2.05) is 0 Å². The van der Waals surface area contributed by atoms with E-state index in [9.17, 15) is 18.0 Å². The van der Waals surface area contributed by atoms with Crippen LogP contribution in [0.5, 0.6) is 0 Å². The van der Waals surface area contributed by atoms with Crippen molar-refractivity contribution in [2.75, 3.05) is 23.2 Å². The summed E-state index contributed by atoms with van der Waals surface area (Å²) in [5.41, 5.74) is 1.95. The number of aromatic nitrogens is 1. The second-order valence-electron chi connectivity index (χ2n) is 5.93. The molecule has 0 amide bonds. The van der Waals surface area contributed by atoms with Crippen LogP contribution in [0.25, 0.3) is 0 Å². The van der Waals surface area contributed by atoms with Gasteiger partial charge in [0.25, 0.3) is 0 Å². The topological polar surface area (TPSA) is 93.6 Å². The molecule has 0 radical (unpaired) electrons. The average Bonchev–Trinajstić information content (AvgIpc) is 3.09. The molecule has 1 aromatic carbocycles. The van der Waals surface area contributed by atoms with Crippen LogP contribution in [-0.2, 0) is 21.2 Å². The highest BCUT2D eigenvalue weighted by Gasteiger charge is 2.28. The number of Topliss-reactive ketones (excluding diaryl/α,β-unsaturated/α-hetero) is 1. The minimum absolute atomic E-state index is 0.0160. The van der Waals surface area contributed by atoms with Gasteiger partial charge >= 0.3 is 5.97 Å². The van der Waals surface area contributed by atoms with E-state index >= 15 is 0 Å². The van der Waals surface area contributed by atoms with E-state index < -0.39 is 22.6 Å². The van der Waals surface area contributed by atoms with Crippen molar-refractivity contribution in [1.82, 2.24) is 4.98 Å². The van der Waals surface area contributed by atoms with Gasteiger partial charge in [0.15, 0.2) is 12.4 Å². The van der Waals surface area contributed by atoms with Gasteiger partial charge in [-0.05, 0) is 49.2 Å². The minimum Gasteiger partial charge on any atom is -0.454 e. The number of nitrogens with zero attached hydrogens (tertiary/aromatic N) is 2. The molecule has 9 heteroatoms. The fourth-order valence-corrected chi connectivity index (χ4v) is 4.15. The SMILES string of the molecule is CCS(=O)(=O)N1CCc2cc(C(=O)COC(=O)c3ccnc(Cl)c3)ccc21. The molecule has 27 heavy (non-hydrogen) atoms. The molecule has 3 rings (SSSR count). The van der Waals surface area contributed by atoms with Crippen molar-refractivity contribution < 1.29 is 22.7 Å². The molecule has 0 aliphatic carbocycles. The number of halogens is 1. The number of anilines is 1. The number of carbonyl (C=O) groups is 2. The predicted molar refractivity (Wildman–Crippen MR) is 101 cm³/mol. The highest BCUT2D eigenvalue weighted by atomic mass is 35.5. The molecule has 142 valence electrons. The molecule has 0 N–H and O–H groups in total. The Morgan fingerprint density at radius 3 is 2.70 bits per heavy atom. The van der Waals surface area contributed by atoms with Crippen molar-refractivity contribution >= 4 is 39.1 Å². The lowest BCUT2D eigenvalue weighted by atomic mass is 10.1. The number of fused-ring (bicyclic) bond motifs is 1. The normalized spacial score (nSPS) is 13.3. The van der Waals surface area contributed by atoms with Crippen molar-refractivity contribution in [3.63, 3.8) is 0 Å². The Morgan fingerprint density at radius 2 is 2.00 bits per heavy atom. The quantitative estimate of drug-likeness (QED) is 0.414. The summed E-state index contributed by atoms with van der Waals surface area (Å²) in [6, 6.07) is 7.61. The Morgan fingerprint density at radius 1 is 1.22 bits per heavy atom. The van der Waals surface area contributed by atoms with Crippen molar-refractivity contribution in [2.24, 2.45) is 0 Å². The summed E-state index contributed by atoms with van der Waals surface area (Å²) < 4.78 is 30.6. The van der Waals surface area contributed by atoms with Crippen LogP contribution in [0.2, 0.25) is 5.15 Å². The molecular weight excluding hydrogens is 392 g/mol. The predicted octanol–water partition coefficient (Wildman–Crippen LogP) is 2.49. The lowest BCUT2D eigenvalue weighted by Crippen LogP contribution is -2.30. The summed E-state index contributed by atoms with van der Waals surface area (Å²) in [5, 5.41) is 0.154. The van der Waals surface area contributed by atoms with Crippen LogP contribution in [0.4, 0.5) is 5.69 Å². The average molecular weight is 409 g/mol. The molecule has 0 bridgehead atoms. The van der Waals surface area contributed by atoms with Gasteiger partial charge in [0.2, 0.25) is 10.0 Å². The highest BCUT2D eigenvalue weighted by molar-refractivity contribution is 7.92. The van der Waals surface area contributed by atoms with Crippen molar-refractivity contribution in [2.45, 2.75) is 13.3 Å². The van der Waals surface area contributed by atoms with E-state index in [2.05, 4.69) is 4.98 Å². The molecule has 0 atom stereocenters. The lowest BCUT2D eigenvalue weighted by Gasteiger charge is -2.18. The molecular formula is C18H17ClN2O5S. The first kappa shape index (κ1) is 19.3. The Balaban J connectivity index is 1.69. The van der Waals surface area contributed by atoms with Gasteiger partial charge in [0.1, 0.15) is 5.15 Å². The van der Waals surface area contributed by atoms with Crippen LogP contribution in [0.1, 0.15) is 33.2 Å². The van der Waals surface area contributed by atoms with Crippen molar-refractivity contribution in [1.29, 1.82) is 0 Å². The molecule has 0 spiro atoms. The molecule has 7 nitrogen and oxygen atoms in total. The summed E-state index contributed by atoms with van der Waals surface area (Å²) in [6.07, 6.45) is 1.91. The van der Waals surface area contributed by atoms with E-state index in [1.54, 1.807) is 25.1 Å². The zero-order chi connectivity index (χ0) is 19.6. The lowest BCUT2D eigenvalue weighted by molar-refractivity contribution is 0.0474. The summed E-state index contributed by atoms with van der Waals surface area (Å²) >= 11 is 5.72.